The quantitative estimate of drug-likeness (QED) is 0.862. The van der Waals surface area contributed by atoms with Crippen LogP contribution in [0.15, 0.2) is 34.1 Å². The van der Waals surface area contributed by atoms with Crippen LogP contribution in [0.3, 0.4) is 0 Å². The van der Waals surface area contributed by atoms with Gasteiger partial charge >= 0.3 is 0 Å². The average molecular weight is 378 g/mol. The van der Waals surface area contributed by atoms with Crippen LogP contribution in [0.5, 0.6) is 5.75 Å². The van der Waals surface area contributed by atoms with E-state index in [1.165, 1.54) is 4.88 Å². The summed E-state index contributed by atoms with van der Waals surface area (Å²) in [5, 5.41) is 25.1. The molecule has 2 heterocycles. The summed E-state index contributed by atoms with van der Waals surface area (Å²) in [7, 11) is 0. The number of rotatable bonds is 3. The average Bonchev–Trinajstić information content (AvgIpc) is 3.06. The number of benzene rings is 1. The van der Waals surface area contributed by atoms with Crippen molar-refractivity contribution in [2.45, 2.75) is 6.04 Å². The first kappa shape index (κ1) is 15.5. The van der Waals surface area contributed by atoms with Crippen molar-refractivity contribution in [3.05, 3.63) is 50.1 Å². The molecule has 2 aromatic rings. The van der Waals surface area contributed by atoms with Gasteiger partial charge in [0.15, 0.2) is 0 Å². The Morgan fingerprint density at radius 2 is 2.14 bits per heavy atom. The molecule has 0 saturated carbocycles. The molecule has 1 atom stereocenters. The van der Waals surface area contributed by atoms with Crippen LogP contribution in [0.2, 0.25) is 0 Å². The Hall–Kier alpha value is -1.39. The standard InChI is InChI=1S/C16H16BrN3OS/c17-13-9-11(10-18)8-12(16(13)21)15(14-2-1-7-22-14)20-5-3-19-4-6-20/h1-2,7-9,15,19,21H,3-6H2/t15-/m0/s1. The summed E-state index contributed by atoms with van der Waals surface area (Å²) in [6, 6.07) is 9.71. The third-order valence-corrected chi connectivity index (χ3v) is 5.38. The molecule has 4 nitrogen and oxygen atoms in total. The summed E-state index contributed by atoms with van der Waals surface area (Å²) in [4.78, 5) is 3.53. The monoisotopic (exact) mass is 377 g/mol. The van der Waals surface area contributed by atoms with Gasteiger partial charge in [0, 0.05) is 36.6 Å². The van der Waals surface area contributed by atoms with Gasteiger partial charge in [-0.25, -0.2) is 0 Å². The van der Waals surface area contributed by atoms with Gasteiger partial charge in [-0.15, -0.1) is 11.3 Å². The van der Waals surface area contributed by atoms with E-state index >= 15 is 0 Å². The van der Waals surface area contributed by atoms with Crippen molar-refractivity contribution < 1.29 is 5.11 Å². The van der Waals surface area contributed by atoms with Gasteiger partial charge in [-0.1, -0.05) is 6.07 Å². The minimum absolute atomic E-state index is 0.0216. The Morgan fingerprint density at radius 3 is 2.77 bits per heavy atom. The molecule has 22 heavy (non-hydrogen) atoms. The molecule has 1 saturated heterocycles. The van der Waals surface area contributed by atoms with E-state index in [0.717, 1.165) is 31.7 Å². The Labute approximate surface area is 142 Å². The second kappa shape index (κ2) is 6.80. The predicted octanol–water partition coefficient (Wildman–Crippen LogP) is 3.08. The highest BCUT2D eigenvalue weighted by Crippen LogP contribution is 2.40. The highest BCUT2D eigenvalue weighted by atomic mass is 79.9. The lowest BCUT2D eigenvalue weighted by Crippen LogP contribution is -2.45. The van der Waals surface area contributed by atoms with Crippen LogP contribution in [0.25, 0.3) is 0 Å². The fraction of sp³-hybridized carbons (Fsp3) is 0.312. The molecule has 1 fully saturated rings. The van der Waals surface area contributed by atoms with Crippen molar-refractivity contribution in [3.8, 4) is 11.8 Å². The summed E-state index contributed by atoms with van der Waals surface area (Å²) in [5.41, 5.74) is 1.34. The van der Waals surface area contributed by atoms with Crippen LogP contribution in [0.1, 0.15) is 22.0 Å². The molecule has 0 radical (unpaired) electrons. The fourth-order valence-electron chi connectivity index (χ4n) is 2.81. The molecule has 1 aliphatic rings. The topological polar surface area (TPSA) is 59.3 Å². The Balaban J connectivity index is 2.10. The molecule has 0 amide bonds. The molecule has 0 aliphatic carbocycles. The molecule has 3 rings (SSSR count). The highest BCUT2D eigenvalue weighted by Gasteiger charge is 2.28. The number of nitrogens with zero attached hydrogens (tertiary/aromatic N) is 2. The largest absolute Gasteiger partial charge is 0.506 e. The maximum absolute atomic E-state index is 10.5. The number of nitriles is 1. The zero-order chi connectivity index (χ0) is 15.5. The molecule has 0 bridgehead atoms. The van der Waals surface area contributed by atoms with Crippen LogP contribution in [0.4, 0.5) is 0 Å². The van der Waals surface area contributed by atoms with Gasteiger partial charge in [0.1, 0.15) is 5.75 Å². The number of thiophene rings is 1. The molecule has 1 aromatic carbocycles. The minimum Gasteiger partial charge on any atom is -0.506 e. The van der Waals surface area contributed by atoms with Crippen molar-refractivity contribution in [3.63, 3.8) is 0 Å². The zero-order valence-electron chi connectivity index (χ0n) is 11.9. The number of phenolic OH excluding ortho intramolecular Hbond substituents is 1. The van der Waals surface area contributed by atoms with Crippen LogP contribution in [-0.4, -0.2) is 36.2 Å². The van der Waals surface area contributed by atoms with Gasteiger partial charge in [0.2, 0.25) is 0 Å². The number of nitrogens with one attached hydrogen (secondary N) is 1. The molecule has 1 aliphatic heterocycles. The van der Waals surface area contributed by atoms with Gasteiger partial charge in [0.25, 0.3) is 0 Å². The predicted molar refractivity (Wildman–Crippen MR) is 91.1 cm³/mol. The Bertz CT molecular complexity index is 690. The second-order valence-corrected chi connectivity index (χ2v) is 7.05. The van der Waals surface area contributed by atoms with Crippen molar-refractivity contribution in [2.75, 3.05) is 26.2 Å². The van der Waals surface area contributed by atoms with Crippen molar-refractivity contribution in [1.29, 1.82) is 5.26 Å². The summed E-state index contributed by atoms with van der Waals surface area (Å²) >= 11 is 5.04. The fourth-order valence-corrected chi connectivity index (χ4v) is 4.16. The van der Waals surface area contributed by atoms with E-state index < -0.39 is 0 Å². The Kier molecular flexibility index (Phi) is 4.79. The SMILES string of the molecule is N#Cc1cc(Br)c(O)c([C@@H](c2cccs2)N2CCNCC2)c1. The smallest absolute Gasteiger partial charge is 0.135 e. The van der Waals surface area contributed by atoms with Crippen molar-refractivity contribution in [1.82, 2.24) is 10.2 Å². The van der Waals surface area contributed by atoms with E-state index in [4.69, 9.17) is 0 Å². The molecule has 114 valence electrons. The lowest BCUT2D eigenvalue weighted by atomic mass is 9.99. The summed E-state index contributed by atoms with van der Waals surface area (Å²) < 4.78 is 0.568. The maximum atomic E-state index is 10.5. The van der Waals surface area contributed by atoms with E-state index in [2.05, 4.69) is 38.3 Å². The normalized spacial score (nSPS) is 17.1. The van der Waals surface area contributed by atoms with Crippen LogP contribution >= 0.6 is 27.3 Å². The van der Waals surface area contributed by atoms with E-state index in [1.807, 2.05) is 11.4 Å². The molecule has 1 aromatic heterocycles. The number of halogens is 1. The Morgan fingerprint density at radius 1 is 1.36 bits per heavy atom. The van der Waals surface area contributed by atoms with Gasteiger partial charge in [-0.2, -0.15) is 5.26 Å². The van der Waals surface area contributed by atoms with Gasteiger partial charge in [0.05, 0.1) is 22.1 Å². The third kappa shape index (κ3) is 3.03. The number of phenols is 1. The number of aromatic hydroxyl groups is 1. The molecule has 2 N–H and O–H groups in total. The van der Waals surface area contributed by atoms with Gasteiger partial charge in [-0.05, 0) is 39.5 Å². The summed E-state index contributed by atoms with van der Waals surface area (Å²) in [5.74, 6) is 0.218. The summed E-state index contributed by atoms with van der Waals surface area (Å²) in [6.07, 6.45) is 0. The van der Waals surface area contributed by atoms with Crippen LogP contribution in [0, 0.1) is 11.3 Å². The van der Waals surface area contributed by atoms with E-state index in [1.54, 1.807) is 23.5 Å². The lowest BCUT2D eigenvalue weighted by molar-refractivity contribution is 0.198. The van der Waals surface area contributed by atoms with Crippen LogP contribution < -0.4 is 5.32 Å². The number of hydrogen-bond donors (Lipinski definition) is 2. The third-order valence-electron chi connectivity index (χ3n) is 3.85. The van der Waals surface area contributed by atoms with Gasteiger partial charge in [-0.3, -0.25) is 4.90 Å². The molecular weight excluding hydrogens is 362 g/mol. The van der Waals surface area contributed by atoms with E-state index in [0.29, 0.717) is 10.0 Å². The summed E-state index contributed by atoms with van der Waals surface area (Å²) in [6.45, 7) is 3.69. The molecule has 6 heteroatoms. The highest BCUT2D eigenvalue weighted by molar-refractivity contribution is 9.10. The number of hydrogen-bond acceptors (Lipinski definition) is 5. The first-order chi connectivity index (χ1) is 10.7. The minimum atomic E-state index is -0.0216. The molecule has 0 spiro atoms. The van der Waals surface area contributed by atoms with E-state index in [9.17, 15) is 10.4 Å². The maximum Gasteiger partial charge on any atom is 0.135 e. The molecular formula is C16H16BrN3OS. The first-order valence-corrected chi connectivity index (χ1v) is 8.78. The van der Waals surface area contributed by atoms with Crippen molar-refractivity contribution in [2.24, 2.45) is 0 Å². The molecule has 0 unspecified atom stereocenters. The van der Waals surface area contributed by atoms with E-state index in [-0.39, 0.29) is 11.8 Å². The van der Waals surface area contributed by atoms with Crippen molar-refractivity contribution >= 4 is 27.3 Å². The second-order valence-electron chi connectivity index (χ2n) is 5.21. The van der Waals surface area contributed by atoms with Crippen LogP contribution in [-0.2, 0) is 0 Å². The lowest BCUT2D eigenvalue weighted by Gasteiger charge is -2.35. The first-order valence-electron chi connectivity index (χ1n) is 7.11. The zero-order valence-corrected chi connectivity index (χ0v) is 14.3. The van der Waals surface area contributed by atoms with Gasteiger partial charge < -0.3 is 10.4 Å². The number of piperazine rings is 1.